The quantitative estimate of drug-likeness (QED) is 0.861. The van der Waals surface area contributed by atoms with E-state index in [1.807, 2.05) is 13.8 Å². The Morgan fingerprint density at radius 3 is 2.67 bits per heavy atom. The van der Waals surface area contributed by atoms with Crippen LogP contribution in [-0.2, 0) is 0 Å². The number of aryl methyl sites for hydroxylation is 1. The Morgan fingerprint density at radius 1 is 1.39 bits per heavy atom. The van der Waals surface area contributed by atoms with Crippen molar-refractivity contribution in [2.24, 2.45) is 0 Å². The zero-order chi connectivity index (χ0) is 13.1. The molecule has 0 saturated heterocycles. The fraction of sp³-hybridized carbons (Fsp3) is 0.250. The van der Waals surface area contributed by atoms with Gasteiger partial charge in [0.05, 0.1) is 18.1 Å². The van der Waals surface area contributed by atoms with Crippen LogP contribution in [0.4, 0.5) is 5.69 Å². The van der Waals surface area contributed by atoms with Crippen LogP contribution in [0.3, 0.4) is 0 Å². The first-order chi connectivity index (χ1) is 8.56. The van der Waals surface area contributed by atoms with E-state index < -0.39 is 5.97 Å². The summed E-state index contributed by atoms with van der Waals surface area (Å²) in [5.74, 6) is 0.283. The average molecular weight is 247 g/mol. The van der Waals surface area contributed by atoms with E-state index in [2.05, 4.69) is 15.3 Å². The summed E-state index contributed by atoms with van der Waals surface area (Å²) in [7, 11) is 0. The van der Waals surface area contributed by atoms with Crippen molar-refractivity contribution in [3.8, 4) is 0 Å². The Bertz CT molecular complexity index is 548. The Kier molecular flexibility index (Phi) is 3.27. The Morgan fingerprint density at radius 2 is 2.17 bits per heavy atom. The maximum atomic E-state index is 10.7. The second-order valence-electron chi connectivity index (χ2n) is 3.91. The van der Waals surface area contributed by atoms with Crippen LogP contribution in [-0.4, -0.2) is 21.0 Å². The highest BCUT2D eigenvalue weighted by Crippen LogP contribution is 2.18. The smallest absolute Gasteiger partial charge is 0.354 e. The first-order valence-corrected chi connectivity index (χ1v) is 5.44. The summed E-state index contributed by atoms with van der Waals surface area (Å²) in [4.78, 5) is 18.6. The van der Waals surface area contributed by atoms with Crippen LogP contribution in [0.5, 0.6) is 0 Å². The summed E-state index contributed by atoms with van der Waals surface area (Å²) in [6, 6.07) is 2.98. The van der Waals surface area contributed by atoms with Crippen molar-refractivity contribution >= 4 is 11.7 Å². The fourth-order valence-corrected chi connectivity index (χ4v) is 1.49. The molecular weight excluding hydrogens is 234 g/mol. The molecule has 18 heavy (non-hydrogen) atoms. The van der Waals surface area contributed by atoms with Crippen molar-refractivity contribution in [3.05, 3.63) is 41.9 Å². The van der Waals surface area contributed by atoms with Gasteiger partial charge in [0.1, 0.15) is 17.5 Å². The minimum atomic E-state index is -1.04. The minimum Gasteiger partial charge on any atom is -0.477 e. The third kappa shape index (κ3) is 2.65. The van der Waals surface area contributed by atoms with Gasteiger partial charge in [0.15, 0.2) is 0 Å². The normalized spacial score (nSPS) is 12.1. The van der Waals surface area contributed by atoms with Gasteiger partial charge in [0.2, 0.25) is 5.89 Å². The van der Waals surface area contributed by atoms with Gasteiger partial charge in [-0.25, -0.2) is 14.8 Å². The highest BCUT2D eigenvalue weighted by Gasteiger charge is 2.11. The summed E-state index contributed by atoms with van der Waals surface area (Å²) < 4.78 is 5.39. The number of rotatable bonds is 4. The number of aromatic nitrogens is 2. The molecule has 2 heterocycles. The number of oxazole rings is 1. The molecule has 2 aromatic rings. The molecule has 0 spiro atoms. The maximum absolute atomic E-state index is 10.7. The zero-order valence-corrected chi connectivity index (χ0v) is 10.0. The molecule has 6 nitrogen and oxygen atoms in total. The molecule has 6 heteroatoms. The highest BCUT2D eigenvalue weighted by atomic mass is 16.4. The van der Waals surface area contributed by atoms with E-state index in [1.54, 1.807) is 12.3 Å². The average Bonchev–Trinajstić information content (AvgIpc) is 2.76. The summed E-state index contributed by atoms with van der Waals surface area (Å²) in [6.45, 7) is 3.73. The number of carboxylic acid groups (broad SMARTS) is 1. The van der Waals surface area contributed by atoms with Crippen molar-refractivity contribution < 1.29 is 14.3 Å². The van der Waals surface area contributed by atoms with E-state index in [-0.39, 0.29) is 11.7 Å². The van der Waals surface area contributed by atoms with Crippen molar-refractivity contribution in [1.29, 1.82) is 0 Å². The number of nitrogens with one attached hydrogen (secondary N) is 1. The lowest BCUT2D eigenvalue weighted by atomic mass is 10.3. The topological polar surface area (TPSA) is 88.2 Å². The largest absolute Gasteiger partial charge is 0.477 e. The first kappa shape index (κ1) is 12.1. The molecule has 0 aliphatic rings. The number of hydrogen-bond acceptors (Lipinski definition) is 5. The predicted molar refractivity (Wildman–Crippen MR) is 64.5 cm³/mol. The van der Waals surface area contributed by atoms with Gasteiger partial charge < -0.3 is 14.8 Å². The van der Waals surface area contributed by atoms with Crippen molar-refractivity contribution in [1.82, 2.24) is 9.97 Å². The zero-order valence-electron chi connectivity index (χ0n) is 10.0. The van der Waals surface area contributed by atoms with Crippen molar-refractivity contribution in [2.45, 2.75) is 19.9 Å². The van der Waals surface area contributed by atoms with E-state index in [1.165, 1.54) is 12.3 Å². The van der Waals surface area contributed by atoms with Gasteiger partial charge in [-0.15, -0.1) is 0 Å². The van der Waals surface area contributed by atoms with Gasteiger partial charge in [-0.3, -0.25) is 0 Å². The molecule has 0 amide bonds. The monoisotopic (exact) mass is 247 g/mol. The van der Waals surface area contributed by atoms with E-state index >= 15 is 0 Å². The molecule has 2 rings (SSSR count). The van der Waals surface area contributed by atoms with Crippen LogP contribution in [0.2, 0.25) is 0 Å². The van der Waals surface area contributed by atoms with Gasteiger partial charge >= 0.3 is 5.97 Å². The van der Waals surface area contributed by atoms with Crippen LogP contribution in [0.25, 0.3) is 0 Å². The van der Waals surface area contributed by atoms with Gasteiger partial charge in [0, 0.05) is 0 Å². The molecule has 0 bridgehead atoms. The molecule has 0 radical (unpaired) electrons. The summed E-state index contributed by atoms with van der Waals surface area (Å²) in [5, 5.41) is 11.9. The predicted octanol–water partition coefficient (Wildman–Crippen LogP) is 2.25. The number of carbonyl (C=O) groups is 1. The molecule has 0 aromatic carbocycles. The minimum absolute atomic E-state index is 0.0140. The second kappa shape index (κ2) is 4.87. The first-order valence-electron chi connectivity index (χ1n) is 5.44. The second-order valence-corrected chi connectivity index (χ2v) is 3.91. The lowest BCUT2D eigenvalue weighted by Crippen LogP contribution is -2.08. The Hall–Kier alpha value is -2.37. The number of aromatic carboxylic acids is 1. The van der Waals surface area contributed by atoms with Crippen LogP contribution in [0.1, 0.15) is 35.1 Å². The number of pyridine rings is 1. The molecule has 1 unspecified atom stereocenters. The maximum Gasteiger partial charge on any atom is 0.354 e. The highest BCUT2D eigenvalue weighted by molar-refractivity contribution is 5.85. The van der Waals surface area contributed by atoms with Crippen LogP contribution < -0.4 is 5.32 Å². The lowest BCUT2D eigenvalue weighted by molar-refractivity contribution is 0.0690. The van der Waals surface area contributed by atoms with E-state index in [4.69, 9.17) is 9.52 Å². The van der Waals surface area contributed by atoms with Gasteiger partial charge in [-0.1, -0.05) is 0 Å². The summed E-state index contributed by atoms with van der Waals surface area (Å²) in [6.07, 6.45) is 3.12. The molecule has 2 N–H and O–H groups in total. The SMILES string of the molecule is Cc1cnc(C(C)Nc2ccc(C(=O)O)nc2)o1. The van der Waals surface area contributed by atoms with Crippen LogP contribution in [0, 0.1) is 6.92 Å². The molecule has 0 fully saturated rings. The van der Waals surface area contributed by atoms with Gasteiger partial charge in [-0.05, 0) is 26.0 Å². The Labute approximate surface area is 104 Å². The molecule has 0 aliphatic heterocycles. The number of hydrogen-bond donors (Lipinski definition) is 2. The third-order valence-corrected chi connectivity index (χ3v) is 2.38. The van der Waals surface area contributed by atoms with Gasteiger partial charge in [-0.2, -0.15) is 0 Å². The van der Waals surface area contributed by atoms with Crippen molar-refractivity contribution in [3.63, 3.8) is 0 Å². The van der Waals surface area contributed by atoms with Crippen LogP contribution >= 0.6 is 0 Å². The third-order valence-electron chi connectivity index (χ3n) is 2.38. The standard InChI is InChI=1S/C12H13N3O3/c1-7-5-14-11(18-7)8(2)15-9-3-4-10(12(16)17)13-6-9/h3-6,8,15H,1-2H3,(H,16,17). The molecule has 2 aromatic heterocycles. The number of carboxylic acids is 1. The summed E-state index contributed by atoms with van der Waals surface area (Å²) >= 11 is 0. The van der Waals surface area contributed by atoms with Crippen LogP contribution in [0.15, 0.2) is 28.9 Å². The molecule has 94 valence electrons. The lowest BCUT2D eigenvalue weighted by Gasteiger charge is -2.11. The van der Waals surface area contributed by atoms with E-state index in [9.17, 15) is 4.79 Å². The summed E-state index contributed by atoms with van der Waals surface area (Å²) in [5.41, 5.74) is 0.725. The number of nitrogens with zero attached hydrogens (tertiary/aromatic N) is 2. The van der Waals surface area contributed by atoms with Gasteiger partial charge in [0.25, 0.3) is 0 Å². The Balaban J connectivity index is 2.07. The molecule has 0 aliphatic carbocycles. The van der Waals surface area contributed by atoms with E-state index in [0.29, 0.717) is 11.6 Å². The fourth-order valence-electron chi connectivity index (χ4n) is 1.49. The van der Waals surface area contributed by atoms with Crippen molar-refractivity contribution in [2.75, 3.05) is 5.32 Å². The number of anilines is 1. The van der Waals surface area contributed by atoms with E-state index in [0.717, 1.165) is 5.76 Å². The molecular formula is C12H13N3O3. The molecule has 0 saturated carbocycles. The molecule has 1 atom stereocenters.